The lowest BCUT2D eigenvalue weighted by atomic mass is 9.94. The van der Waals surface area contributed by atoms with Gasteiger partial charge in [-0.25, -0.2) is 0 Å². The number of aliphatic carboxylic acids is 1. The normalized spacial score (nSPS) is 24.5. The zero-order valence-electron chi connectivity index (χ0n) is 16.1. The van der Waals surface area contributed by atoms with Crippen molar-refractivity contribution in [3.05, 3.63) is 35.5 Å². The minimum Gasteiger partial charge on any atom is -0.481 e. The first-order valence-electron chi connectivity index (χ1n) is 9.79. The Hall–Kier alpha value is -2.20. The molecule has 10 heteroatoms. The number of aliphatic imine (C=N–C) groups is 1. The van der Waals surface area contributed by atoms with E-state index in [0.29, 0.717) is 42.6 Å². The molecule has 1 aliphatic heterocycles. The first-order chi connectivity index (χ1) is 14.2. The second kappa shape index (κ2) is 8.14. The standard InChI is InChI=1S/C20H22F3N3O3S/c21-20(22,23)29-16-6-2-4-13(16)14-5-1-3-11-9-15(26(24)18(11)14)19-25-12(10-30-19)7-8-17(27)28/h1,3,5,9,12-13,16H,2,4,6-8,10,24H2,(H,27,28). The molecule has 0 saturated heterocycles. The summed E-state index contributed by atoms with van der Waals surface area (Å²) in [7, 11) is 0. The Morgan fingerprint density at radius 1 is 1.37 bits per heavy atom. The lowest BCUT2D eigenvalue weighted by Crippen LogP contribution is -2.26. The largest absolute Gasteiger partial charge is 0.522 e. The number of aromatic nitrogens is 1. The summed E-state index contributed by atoms with van der Waals surface area (Å²) < 4.78 is 44.4. The van der Waals surface area contributed by atoms with Crippen molar-refractivity contribution in [1.29, 1.82) is 0 Å². The molecule has 4 rings (SSSR count). The smallest absolute Gasteiger partial charge is 0.481 e. The van der Waals surface area contributed by atoms with Crippen LogP contribution in [0.2, 0.25) is 0 Å². The molecule has 1 aromatic carbocycles. The van der Waals surface area contributed by atoms with Gasteiger partial charge in [-0.3, -0.25) is 19.2 Å². The summed E-state index contributed by atoms with van der Waals surface area (Å²) in [5.41, 5.74) is 2.12. The molecule has 1 aliphatic carbocycles. The third-order valence-corrected chi connectivity index (χ3v) is 6.79. The van der Waals surface area contributed by atoms with Crippen LogP contribution in [0.1, 0.15) is 49.3 Å². The summed E-state index contributed by atoms with van der Waals surface area (Å²) in [6, 6.07) is 7.32. The topological polar surface area (TPSA) is 89.8 Å². The van der Waals surface area contributed by atoms with Crippen molar-refractivity contribution in [3.8, 4) is 0 Å². The summed E-state index contributed by atoms with van der Waals surface area (Å²) in [6.07, 6.45) is -3.46. The van der Waals surface area contributed by atoms with Gasteiger partial charge in [0.1, 0.15) is 5.04 Å². The summed E-state index contributed by atoms with van der Waals surface area (Å²) in [5.74, 6) is 5.83. The molecule has 2 aliphatic rings. The number of nitrogens with two attached hydrogens (primary N) is 1. The van der Waals surface area contributed by atoms with E-state index in [1.807, 2.05) is 24.3 Å². The average Bonchev–Trinajstić information content (AvgIpc) is 3.38. The number of nitrogen functional groups attached to an aromatic ring is 1. The fourth-order valence-electron chi connectivity index (χ4n) is 4.36. The molecular weight excluding hydrogens is 419 g/mol. The van der Waals surface area contributed by atoms with Crippen LogP contribution in [-0.2, 0) is 9.53 Å². The molecule has 30 heavy (non-hydrogen) atoms. The maximum atomic E-state index is 12.8. The van der Waals surface area contributed by atoms with Gasteiger partial charge < -0.3 is 10.9 Å². The summed E-state index contributed by atoms with van der Waals surface area (Å²) in [4.78, 5) is 15.4. The van der Waals surface area contributed by atoms with E-state index in [1.165, 1.54) is 16.4 Å². The second-order valence-electron chi connectivity index (χ2n) is 7.66. The van der Waals surface area contributed by atoms with Gasteiger partial charge in [-0.2, -0.15) is 0 Å². The molecule has 3 N–H and O–H groups in total. The molecule has 0 amide bonds. The van der Waals surface area contributed by atoms with Crippen LogP contribution in [0.5, 0.6) is 0 Å². The Kier molecular flexibility index (Phi) is 5.71. The third-order valence-electron chi connectivity index (χ3n) is 5.65. The summed E-state index contributed by atoms with van der Waals surface area (Å²) >= 11 is 1.51. The van der Waals surface area contributed by atoms with Crippen molar-refractivity contribution in [2.24, 2.45) is 4.99 Å². The molecule has 3 atom stereocenters. The number of carbonyl (C=O) groups is 1. The van der Waals surface area contributed by atoms with Gasteiger partial charge >= 0.3 is 12.3 Å². The van der Waals surface area contributed by atoms with Crippen LogP contribution in [0.25, 0.3) is 10.9 Å². The summed E-state index contributed by atoms with van der Waals surface area (Å²) in [5, 5.41) is 10.4. The predicted molar refractivity (Wildman–Crippen MR) is 109 cm³/mol. The highest BCUT2D eigenvalue weighted by Gasteiger charge is 2.40. The number of benzene rings is 1. The molecular formula is C20H22F3N3O3S. The number of fused-ring (bicyclic) bond motifs is 1. The van der Waals surface area contributed by atoms with E-state index in [2.05, 4.69) is 9.73 Å². The number of carboxylic acids is 1. The van der Waals surface area contributed by atoms with Gasteiger partial charge in [-0.1, -0.05) is 24.6 Å². The molecule has 0 radical (unpaired) electrons. The molecule has 162 valence electrons. The van der Waals surface area contributed by atoms with Crippen molar-refractivity contribution in [2.45, 2.75) is 56.5 Å². The van der Waals surface area contributed by atoms with E-state index in [-0.39, 0.29) is 18.4 Å². The third kappa shape index (κ3) is 4.29. The molecule has 3 unspecified atom stereocenters. The minimum absolute atomic E-state index is 0.0556. The zero-order chi connectivity index (χ0) is 21.5. The lowest BCUT2D eigenvalue weighted by Gasteiger charge is -2.23. The van der Waals surface area contributed by atoms with E-state index in [4.69, 9.17) is 10.9 Å². The van der Waals surface area contributed by atoms with Gasteiger partial charge in [0.15, 0.2) is 0 Å². The number of nitrogens with zero attached hydrogens (tertiary/aromatic N) is 2. The molecule has 1 aromatic heterocycles. The van der Waals surface area contributed by atoms with Gasteiger partial charge in [0.2, 0.25) is 0 Å². The molecule has 6 nitrogen and oxygen atoms in total. The zero-order valence-corrected chi connectivity index (χ0v) is 16.9. The maximum absolute atomic E-state index is 12.8. The minimum atomic E-state index is -4.67. The number of thioether (sulfide) groups is 1. The van der Waals surface area contributed by atoms with Gasteiger partial charge in [0.05, 0.1) is 23.4 Å². The van der Waals surface area contributed by atoms with Gasteiger partial charge in [0.25, 0.3) is 0 Å². The van der Waals surface area contributed by atoms with Crippen molar-refractivity contribution in [2.75, 3.05) is 11.6 Å². The highest BCUT2D eigenvalue weighted by atomic mass is 32.2. The van der Waals surface area contributed by atoms with Crippen molar-refractivity contribution in [3.63, 3.8) is 0 Å². The number of hydrogen-bond donors (Lipinski definition) is 2. The first kappa shape index (κ1) is 21.0. The fourth-order valence-corrected chi connectivity index (χ4v) is 5.48. The van der Waals surface area contributed by atoms with Crippen LogP contribution < -0.4 is 5.84 Å². The quantitative estimate of drug-likeness (QED) is 0.654. The van der Waals surface area contributed by atoms with Crippen LogP contribution >= 0.6 is 11.8 Å². The molecule has 2 heterocycles. The predicted octanol–water partition coefficient (Wildman–Crippen LogP) is 4.25. The Morgan fingerprint density at radius 2 is 2.17 bits per heavy atom. The fraction of sp³-hybridized carbons (Fsp3) is 0.500. The number of hydrogen-bond acceptors (Lipinski definition) is 5. The van der Waals surface area contributed by atoms with Gasteiger partial charge in [-0.05, 0) is 30.9 Å². The molecule has 0 bridgehead atoms. The van der Waals surface area contributed by atoms with Crippen LogP contribution in [0.3, 0.4) is 0 Å². The van der Waals surface area contributed by atoms with Crippen LogP contribution in [-0.4, -0.2) is 45.1 Å². The van der Waals surface area contributed by atoms with Gasteiger partial charge in [0, 0.05) is 23.5 Å². The van der Waals surface area contributed by atoms with Crippen LogP contribution in [0.4, 0.5) is 13.2 Å². The Labute approximate surface area is 175 Å². The second-order valence-corrected chi connectivity index (χ2v) is 8.66. The number of halogens is 3. The SMILES string of the molecule is Nn1c(C2=NC(CCC(=O)O)CS2)cc2cccc(C3CCCC3OC(F)(F)F)c21. The van der Waals surface area contributed by atoms with E-state index < -0.39 is 18.4 Å². The highest BCUT2D eigenvalue weighted by molar-refractivity contribution is 8.14. The Balaban J connectivity index is 1.66. The molecule has 1 saturated carbocycles. The van der Waals surface area contributed by atoms with Crippen LogP contribution in [0.15, 0.2) is 29.3 Å². The Morgan fingerprint density at radius 3 is 2.90 bits per heavy atom. The van der Waals surface area contributed by atoms with E-state index in [0.717, 1.165) is 16.0 Å². The number of carboxylic acid groups (broad SMARTS) is 1. The molecule has 2 aromatic rings. The Bertz CT molecular complexity index is 989. The monoisotopic (exact) mass is 441 g/mol. The van der Waals surface area contributed by atoms with Crippen molar-refractivity contribution >= 4 is 33.7 Å². The number of alkyl halides is 3. The molecule has 1 fully saturated rings. The lowest BCUT2D eigenvalue weighted by molar-refractivity contribution is -0.343. The maximum Gasteiger partial charge on any atom is 0.522 e. The summed E-state index contributed by atoms with van der Waals surface area (Å²) in [6.45, 7) is 0. The molecule has 0 spiro atoms. The number of rotatable bonds is 6. The van der Waals surface area contributed by atoms with Gasteiger partial charge in [-0.15, -0.1) is 24.9 Å². The first-order valence-corrected chi connectivity index (χ1v) is 10.8. The highest BCUT2D eigenvalue weighted by Crippen LogP contribution is 2.42. The van der Waals surface area contributed by atoms with E-state index in [9.17, 15) is 18.0 Å². The average molecular weight is 441 g/mol. The van der Waals surface area contributed by atoms with Crippen LogP contribution in [0, 0.1) is 0 Å². The number of ether oxygens (including phenoxy) is 1. The number of para-hydroxylation sites is 1. The van der Waals surface area contributed by atoms with Crippen molar-refractivity contribution in [1.82, 2.24) is 4.68 Å². The van der Waals surface area contributed by atoms with E-state index >= 15 is 0 Å². The van der Waals surface area contributed by atoms with E-state index in [1.54, 1.807) is 0 Å². The van der Waals surface area contributed by atoms with Crippen molar-refractivity contribution < 1.29 is 27.8 Å².